The zero-order chi connectivity index (χ0) is 9.10. The number of hydrogen-bond donors (Lipinski definition) is 1. The van der Waals surface area contributed by atoms with Gasteiger partial charge in [0.2, 0.25) is 0 Å². The fourth-order valence-electron chi connectivity index (χ4n) is 1.27. The third-order valence-corrected chi connectivity index (χ3v) is 1.94. The fourth-order valence-corrected chi connectivity index (χ4v) is 1.27. The van der Waals surface area contributed by atoms with Crippen molar-refractivity contribution in [1.82, 2.24) is 19.5 Å². The number of rotatable bonds is 3. The van der Waals surface area contributed by atoms with E-state index in [1.54, 1.807) is 6.33 Å². The highest BCUT2D eigenvalue weighted by Crippen LogP contribution is 1.98. The van der Waals surface area contributed by atoms with Crippen molar-refractivity contribution < 1.29 is 0 Å². The van der Waals surface area contributed by atoms with E-state index < -0.39 is 0 Å². The summed E-state index contributed by atoms with van der Waals surface area (Å²) in [6.07, 6.45) is 8.45. The van der Waals surface area contributed by atoms with Crippen LogP contribution in [0.5, 0.6) is 0 Å². The third-order valence-electron chi connectivity index (χ3n) is 1.94. The van der Waals surface area contributed by atoms with Crippen LogP contribution in [0.1, 0.15) is 11.4 Å². The molecule has 13 heavy (non-hydrogen) atoms. The Balaban J connectivity index is 1.93. The quantitative estimate of drug-likeness (QED) is 0.762. The van der Waals surface area contributed by atoms with E-state index in [0.29, 0.717) is 0 Å². The van der Waals surface area contributed by atoms with Gasteiger partial charge in [-0.1, -0.05) is 0 Å². The number of aromatic nitrogens is 4. The van der Waals surface area contributed by atoms with Gasteiger partial charge >= 0.3 is 0 Å². The summed E-state index contributed by atoms with van der Waals surface area (Å²) < 4.78 is 2.07. The molecule has 2 aromatic heterocycles. The van der Waals surface area contributed by atoms with E-state index in [0.717, 1.165) is 24.4 Å². The van der Waals surface area contributed by atoms with E-state index in [4.69, 9.17) is 0 Å². The monoisotopic (exact) mass is 176 g/mol. The largest absolute Gasteiger partial charge is 0.351 e. The van der Waals surface area contributed by atoms with Gasteiger partial charge in [-0.2, -0.15) is 0 Å². The molecule has 0 saturated heterocycles. The van der Waals surface area contributed by atoms with E-state index >= 15 is 0 Å². The lowest BCUT2D eigenvalue weighted by Gasteiger charge is -1.97. The summed E-state index contributed by atoms with van der Waals surface area (Å²) in [5, 5.41) is 0. The Morgan fingerprint density at radius 3 is 3.00 bits per heavy atom. The minimum absolute atomic E-state index is 0.936. The van der Waals surface area contributed by atoms with Gasteiger partial charge < -0.3 is 9.55 Å². The molecule has 2 rings (SSSR count). The number of nitrogens with one attached hydrogen (secondary N) is 1. The molecule has 0 amide bonds. The van der Waals surface area contributed by atoms with Gasteiger partial charge in [0.25, 0.3) is 0 Å². The number of hydrogen-bond acceptors (Lipinski definition) is 2. The fraction of sp³-hybridized carbons (Fsp3) is 0.333. The summed E-state index contributed by atoms with van der Waals surface area (Å²) in [7, 11) is 0. The third kappa shape index (κ3) is 1.96. The van der Waals surface area contributed by atoms with E-state index in [-0.39, 0.29) is 0 Å². The maximum Gasteiger partial charge on any atom is 0.0949 e. The summed E-state index contributed by atoms with van der Waals surface area (Å²) >= 11 is 0. The Labute approximate surface area is 76.7 Å². The maximum atomic E-state index is 4.15. The Bertz CT molecular complexity index is 361. The van der Waals surface area contributed by atoms with Crippen LogP contribution in [0.25, 0.3) is 0 Å². The molecule has 2 aromatic rings. The second-order valence-corrected chi connectivity index (χ2v) is 3.06. The van der Waals surface area contributed by atoms with Crippen LogP contribution in [-0.4, -0.2) is 19.5 Å². The molecular weight excluding hydrogens is 164 g/mol. The maximum absolute atomic E-state index is 4.15. The molecule has 4 heteroatoms. The topological polar surface area (TPSA) is 46.5 Å². The molecular formula is C9H12N4. The van der Waals surface area contributed by atoms with Crippen molar-refractivity contribution in [2.45, 2.75) is 19.9 Å². The van der Waals surface area contributed by atoms with Gasteiger partial charge in [0.1, 0.15) is 0 Å². The van der Waals surface area contributed by atoms with Crippen molar-refractivity contribution in [3.8, 4) is 0 Å². The summed E-state index contributed by atoms with van der Waals surface area (Å²) in [5.74, 6) is 0. The lowest BCUT2D eigenvalue weighted by Crippen LogP contribution is -1.98. The first-order valence-corrected chi connectivity index (χ1v) is 4.30. The SMILES string of the molecule is Cc1cn(CCc2c[nH]cn2)cn1. The zero-order valence-corrected chi connectivity index (χ0v) is 7.57. The first-order chi connectivity index (χ1) is 6.34. The number of aromatic amines is 1. The van der Waals surface area contributed by atoms with E-state index in [1.165, 1.54) is 0 Å². The minimum Gasteiger partial charge on any atom is -0.351 e. The van der Waals surface area contributed by atoms with Gasteiger partial charge in [-0.25, -0.2) is 9.97 Å². The number of aryl methyl sites for hydroxylation is 3. The van der Waals surface area contributed by atoms with Crippen molar-refractivity contribution in [2.24, 2.45) is 0 Å². The second kappa shape index (κ2) is 3.43. The molecule has 1 N–H and O–H groups in total. The van der Waals surface area contributed by atoms with Crippen LogP contribution < -0.4 is 0 Å². The first kappa shape index (κ1) is 8.04. The number of nitrogens with zero attached hydrogens (tertiary/aromatic N) is 3. The highest BCUT2D eigenvalue weighted by molar-refractivity contribution is 4.96. The van der Waals surface area contributed by atoms with E-state index in [9.17, 15) is 0 Å². The molecule has 0 aliphatic heterocycles. The molecule has 68 valence electrons. The Hall–Kier alpha value is -1.58. The highest BCUT2D eigenvalue weighted by atomic mass is 15.0. The molecule has 0 saturated carbocycles. The normalized spacial score (nSPS) is 10.5. The molecule has 0 unspecified atom stereocenters. The van der Waals surface area contributed by atoms with Crippen LogP contribution in [0.4, 0.5) is 0 Å². The van der Waals surface area contributed by atoms with Crippen LogP contribution in [0, 0.1) is 6.92 Å². The lowest BCUT2D eigenvalue weighted by atomic mass is 10.3. The molecule has 2 heterocycles. The summed E-state index contributed by atoms with van der Waals surface area (Å²) in [6, 6.07) is 0. The highest BCUT2D eigenvalue weighted by Gasteiger charge is 1.96. The molecule has 0 aliphatic rings. The average Bonchev–Trinajstić information content (AvgIpc) is 2.71. The van der Waals surface area contributed by atoms with Crippen molar-refractivity contribution in [3.05, 3.63) is 36.4 Å². The van der Waals surface area contributed by atoms with Gasteiger partial charge in [-0.15, -0.1) is 0 Å². The van der Waals surface area contributed by atoms with Crippen LogP contribution in [-0.2, 0) is 13.0 Å². The Morgan fingerprint density at radius 1 is 1.46 bits per heavy atom. The molecule has 0 spiro atoms. The molecule has 0 bridgehead atoms. The predicted octanol–water partition coefficient (Wildman–Crippen LogP) is 1.16. The van der Waals surface area contributed by atoms with Crippen molar-refractivity contribution in [1.29, 1.82) is 0 Å². The average molecular weight is 176 g/mol. The molecule has 0 radical (unpaired) electrons. The van der Waals surface area contributed by atoms with Gasteiger partial charge in [-0.3, -0.25) is 0 Å². The van der Waals surface area contributed by atoms with Gasteiger partial charge in [-0.05, 0) is 6.92 Å². The molecule has 0 aromatic carbocycles. The van der Waals surface area contributed by atoms with Crippen molar-refractivity contribution in [3.63, 3.8) is 0 Å². The molecule has 4 nitrogen and oxygen atoms in total. The summed E-state index contributed by atoms with van der Waals surface area (Å²) in [5.41, 5.74) is 2.15. The van der Waals surface area contributed by atoms with E-state index in [1.807, 2.05) is 25.6 Å². The molecule has 0 aliphatic carbocycles. The van der Waals surface area contributed by atoms with E-state index in [2.05, 4.69) is 19.5 Å². The smallest absolute Gasteiger partial charge is 0.0949 e. The van der Waals surface area contributed by atoms with Gasteiger partial charge in [0.05, 0.1) is 24.0 Å². The van der Waals surface area contributed by atoms with Gasteiger partial charge in [0.15, 0.2) is 0 Å². The van der Waals surface area contributed by atoms with Gasteiger partial charge in [0, 0.05) is 25.4 Å². The lowest BCUT2D eigenvalue weighted by molar-refractivity contribution is 0.686. The predicted molar refractivity (Wildman–Crippen MR) is 49.3 cm³/mol. The standard InChI is InChI=1S/C9H12N4/c1-8-5-13(7-12-8)3-2-9-4-10-6-11-9/h4-7H,2-3H2,1H3,(H,10,11). The first-order valence-electron chi connectivity index (χ1n) is 4.30. The second-order valence-electron chi connectivity index (χ2n) is 3.06. The number of imidazole rings is 2. The molecule has 0 fully saturated rings. The summed E-state index contributed by atoms with van der Waals surface area (Å²) in [6.45, 7) is 2.93. The molecule has 0 atom stereocenters. The van der Waals surface area contributed by atoms with Crippen LogP contribution in [0.2, 0.25) is 0 Å². The van der Waals surface area contributed by atoms with Crippen LogP contribution >= 0.6 is 0 Å². The minimum atomic E-state index is 0.936. The van der Waals surface area contributed by atoms with Crippen molar-refractivity contribution >= 4 is 0 Å². The van der Waals surface area contributed by atoms with Crippen LogP contribution in [0.3, 0.4) is 0 Å². The number of H-pyrrole nitrogens is 1. The Kier molecular flexibility index (Phi) is 2.12. The van der Waals surface area contributed by atoms with Crippen molar-refractivity contribution in [2.75, 3.05) is 0 Å². The zero-order valence-electron chi connectivity index (χ0n) is 7.57. The Morgan fingerprint density at radius 2 is 2.38 bits per heavy atom. The summed E-state index contributed by atoms with van der Waals surface area (Å²) in [4.78, 5) is 11.2. The van der Waals surface area contributed by atoms with Crippen LogP contribution in [0.15, 0.2) is 25.0 Å².